The first kappa shape index (κ1) is 28.8. The monoisotopic (exact) mass is 529 g/mol. The lowest BCUT2D eigenvalue weighted by molar-refractivity contribution is -0.115. The zero-order chi connectivity index (χ0) is 28.2. The van der Waals surface area contributed by atoms with Crippen LogP contribution in [0.1, 0.15) is 38.4 Å². The summed E-state index contributed by atoms with van der Waals surface area (Å²) >= 11 is 0. The summed E-state index contributed by atoms with van der Waals surface area (Å²) in [4.78, 5) is 28.8. The summed E-state index contributed by atoms with van der Waals surface area (Å²) in [5.41, 5.74) is 9.27. The SMILES string of the molecule is CCOc1ccccc1N.CCOc1ccccc1N=Cc1c(C)[nH]n(-c2ccc(NC(=O)CC)cc2)c1=O. The molecule has 0 aliphatic carbocycles. The summed E-state index contributed by atoms with van der Waals surface area (Å²) in [7, 11) is 0. The number of benzene rings is 3. The van der Waals surface area contributed by atoms with Crippen molar-refractivity contribution in [2.24, 2.45) is 4.99 Å². The molecule has 0 bridgehead atoms. The van der Waals surface area contributed by atoms with Gasteiger partial charge in [-0.05, 0) is 69.3 Å². The van der Waals surface area contributed by atoms with Gasteiger partial charge in [0.1, 0.15) is 17.2 Å². The summed E-state index contributed by atoms with van der Waals surface area (Å²) in [5.74, 6) is 1.38. The molecule has 1 aromatic heterocycles. The molecule has 4 N–H and O–H groups in total. The Labute approximate surface area is 228 Å². The highest BCUT2D eigenvalue weighted by atomic mass is 16.5. The van der Waals surface area contributed by atoms with E-state index < -0.39 is 0 Å². The predicted molar refractivity (Wildman–Crippen MR) is 157 cm³/mol. The van der Waals surface area contributed by atoms with Crippen molar-refractivity contribution in [3.8, 4) is 17.2 Å². The summed E-state index contributed by atoms with van der Waals surface area (Å²) < 4.78 is 12.2. The molecule has 0 radical (unpaired) electrons. The Morgan fingerprint density at radius 1 is 0.949 bits per heavy atom. The number of para-hydroxylation sites is 4. The van der Waals surface area contributed by atoms with E-state index in [0.717, 1.165) is 5.75 Å². The Bertz CT molecular complexity index is 1450. The van der Waals surface area contributed by atoms with Gasteiger partial charge in [-0.1, -0.05) is 31.2 Å². The average Bonchev–Trinajstić information content (AvgIpc) is 3.23. The second-order valence-corrected chi connectivity index (χ2v) is 8.37. The van der Waals surface area contributed by atoms with Crippen molar-refractivity contribution in [3.05, 3.63) is 94.4 Å². The van der Waals surface area contributed by atoms with Crippen molar-refractivity contribution in [2.75, 3.05) is 24.3 Å². The minimum absolute atomic E-state index is 0.0588. The van der Waals surface area contributed by atoms with E-state index in [4.69, 9.17) is 15.2 Å². The van der Waals surface area contributed by atoms with Gasteiger partial charge in [-0.25, -0.2) is 4.68 Å². The van der Waals surface area contributed by atoms with E-state index in [9.17, 15) is 9.59 Å². The van der Waals surface area contributed by atoms with Crippen LogP contribution in [0, 0.1) is 6.92 Å². The smallest absolute Gasteiger partial charge is 0.280 e. The Hall–Kier alpha value is -4.79. The molecule has 39 heavy (non-hydrogen) atoms. The van der Waals surface area contributed by atoms with E-state index in [0.29, 0.717) is 59.4 Å². The van der Waals surface area contributed by atoms with Crippen LogP contribution in [0.15, 0.2) is 82.6 Å². The van der Waals surface area contributed by atoms with Gasteiger partial charge in [0.25, 0.3) is 5.56 Å². The van der Waals surface area contributed by atoms with Crippen LogP contribution in [0.5, 0.6) is 11.5 Å². The third-order valence-electron chi connectivity index (χ3n) is 5.56. The van der Waals surface area contributed by atoms with E-state index in [1.165, 1.54) is 4.68 Å². The first-order valence-electron chi connectivity index (χ1n) is 12.8. The van der Waals surface area contributed by atoms with Crippen molar-refractivity contribution >= 4 is 29.2 Å². The fraction of sp³-hybridized carbons (Fsp3) is 0.233. The molecular formula is C30H35N5O4. The van der Waals surface area contributed by atoms with Gasteiger partial charge in [-0.15, -0.1) is 0 Å². The highest BCUT2D eigenvalue weighted by Crippen LogP contribution is 2.26. The van der Waals surface area contributed by atoms with E-state index in [2.05, 4.69) is 15.4 Å². The lowest BCUT2D eigenvalue weighted by atomic mass is 10.2. The molecule has 0 aliphatic heterocycles. The van der Waals surface area contributed by atoms with Gasteiger partial charge in [0, 0.05) is 24.0 Å². The number of nitrogen functional groups attached to an aromatic ring is 1. The molecule has 3 aromatic carbocycles. The van der Waals surface area contributed by atoms with Crippen LogP contribution in [0.4, 0.5) is 17.1 Å². The molecule has 4 aromatic rings. The van der Waals surface area contributed by atoms with Crippen molar-refractivity contribution in [1.29, 1.82) is 0 Å². The van der Waals surface area contributed by atoms with Crippen LogP contribution < -0.4 is 26.1 Å². The fourth-order valence-corrected chi connectivity index (χ4v) is 3.58. The molecule has 0 spiro atoms. The maximum atomic E-state index is 12.9. The number of rotatable bonds is 9. The van der Waals surface area contributed by atoms with Crippen molar-refractivity contribution < 1.29 is 14.3 Å². The summed E-state index contributed by atoms with van der Waals surface area (Å²) in [6, 6.07) is 22.0. The number of aliphatic imine (C=N–C) groups is 1. The number of hydrogen-bond donors (Lipinski definition) is 3. The molecule has 1 amide bonds. The normalized spacial score (nSPS) is 10.6. The molecule has 1 heterocycles. The van der Waals surface area contributed by atoms with Gasteiger partial charge in [-0.2, -0.15) is 0 Å². The van der Waals surface area contributed by atoms with E-state index in [-0.39, 0.29) is 11.5 Å². The third kappa shape index (κ3) is 7.85. The Balaban J connectivity index is 0.000000353. The van der Waals surface area contributed by atoms with Crippen LogP contribution in [0.2, 0.25) is 0 Å². The molecule has 204 valence electrons. The first-order chi connectivity index (χ1) is 18.9. The number of ether oxygens (including phenoxy) is 2. The number of nitrogens with two attached hydrogens (primary N) is 1. The number of nitrogens with zero attached hydrogens (tertiary/aromatic N) is 2. The fourth-order valence-electron chi connectivity index (χ4n) is 3.58. The molecule has 0 saturated heterocycles. The number of amides is 1. The lowest BCUT2D eigenvalue weighted by Crippen LogP contribution is -2.17. The number of carbonyl (C=O) groups excluding carboxylic acids is 1. The summed E-state index contributed by atoms with van der Waals surface area (Å²) in [6.07, 6.45) is 1.96. The highest BCUT2D eigenvalue weighted by Gasteiger charge is 2.11. The maximum absolute atomic E-state index is 12.9. The molecule has 0 fully saturated rings. The van der Waals surface area contributed by atoms with Crippen molar-refractivity contribution in [1.82, 2.24) is 9.78 Å². The zero-order valence-electron chi connectivity index (χ0n) is 22.7. The average molecular weight is 530 g/mol. The number of carbonyl (C=O) groups is 1. The second-order valence-electron chi connectivity index (χ2n) is 8.37. The molecule has 0 saturated carbocycles. The lowest BCUT2D eigenvalue weighted by Gasteiger charge is -2.05. The van der Waals surface area contributed by atoms with Gasteiger partial charge in [0.15, 0.2) is 0 Å². The Morgan fingerprint density at radius 2 is 1.56 bits per heavy atom. The Morgan fingerprint density at radius 3 is 2.21 bits per heavy atom. The molecule has 0 aliphatic rings. The predicted octanol–water partition coefficient (Wildman–Crippen LogP) is 5.64. The quantitative estimate of drug-likeness (QED) is 0.191. The summed E-state index contributed by atoms with van der Waals surface area (Å²) in [6.45, 7) is 8.66. The number of nitrogens with one attached hydrogen (secondary N) is 2. The topological polar surface area (TPSA) is 124 Å². The standard InChI is InChI=1S/C22H24N4O3.C8H11NO/c1-4-21(27)24-16-10-12-17(13-11-16)26-22(28)18(15(3)25-26)14-23-19-8-6-7-9-20(19)29-5-2;1-2-10-8-6-4-3-5-7(8)9/h6-14,25H,4-5H2,1-3H3,(H,24,27);3-6H,2,9H2,1H3. The maximum Gasteiger partial charge on any atom is 0.280 e. The molecule has 0 unspecified atom stereocenters. The number of anilines is 2. The third-order valence-corrected chi connectivity index (χ3v) is 5.56. The molecule has 0 atom stereocenters. The van der Waals surface area contributed by atoms with Crippen LogP contribution in [0.3, 0.4) is 0 Å². The molecule has 4 rings (SSSR count). The van der Waals surface area contributed by atoms with Gasteiger partial charge in [-0.3, -0.25) is 19.7 Å². The van der Waals surface area contributed by atoms with Crippen molar-refractivity contribution in [2.45, 2.75) is 34.1 Å². The van der Waals surface area contributed by atoms with Crippen LogP contribution in [-0.2, 0) is 4.79 Å². The zero-order valence-corrected chi connectivity index (χ0v) is 22.7. The highest BCUT2D eigenvalue weighted by molar-refractivity contribution is 5.90. The van der Waals surface area contributed by atoms with E-state index >= 15 is 0 Å². The van der Waals surface area contributed by atoms with E-state index in [1.54, 1.807) is 37.4 Å². The first-order valence-corrected chi connectivity index (χ1v) is 12.8. The largest absolute Gasteiger partial charge is 0.492 e. The van der Waals surface area contributed by atoms with Crippen LogP contribution >= 0.6 is 0 Å². The number of aromatic nitrogens is 2. The van der Waals surface area contributed by atoms with Gasteiger partial charge in [0.05, 0.1) is 30.2 Å². The second kappa shape index (κ2) is 14.2. The number of hydrogen-bond acceptors (Lipinski definition) is 6. The number of aromatic amines is 1. The molecule has 9 nitrogen and oxygen atoms in total. The minimum atomic E-state index is -0.203. The van der Waals surface area contributed by atoms with Crippen LogP contribution in [-0.4, -0.2) is 35.1 Å². The number of aryl methyl sites for hydroxylation is 1. The van der Waals surface area contributed by atoms with Gasteiger partial charge in [0.2, 0.25) is 5.91 Å². The molecular weight excluding hydrogens is 494 g/mol. The summed E-state index contributed by atoms with van der Waals surface area (Å²) in [5, 5.41) is 5.86. The number of H-pyrrole nitrogens is 1. The molecule has 9 heteroatoms. The van der Waals surface area contributed by atoms with Gasteiger partial charge >= 0.3 is 0 Å². The van der Waals surface area contributed by atoms with E-state index in [1.807, 2.05) is 69.3 Å². The van der Waals surface area contributed by atoms with Crippen LogP contribution in [0.25, 0.3) is 5.69 Å². The van der Waals surface area contributed by atoms with Gasteiger partial charge < -0.3 is 20.5 Å². The Kier molecular flexibility index (Phi) is 10.5. The minimum Gasteiger partial charge on any atom is -0.492 e. The van der Waals surface area contributed by atoms with Crippen molar-refractivity contribution in [3.63, 3.8) is 0 Å².